The highest BCUT2D eigenvalue weighted by Crippen LogP contribution is 2.24. The summed E-state index contributed by atoms with van der Waals surface area (Å²) in [6.07, 6.45) is 5.38. The van der Waals surface area contributed by atoms with E-state index in [1.54, 1.807) is 12.5 Å². The number of benzene rings is 1. The number of H-pyrrole nitrogens is 1. The summed E-state index contributed by atoms with van der Waals surface area (Å²) in [6.45, 7) is 4.27. The third-order valence-corrected chi connectivity index (χ3v) is 3.48. The lowest BCUT2D eigenvalue weighted by Crippen LogP contribution is -1.96. The van der Waals surface area contributed by atoms with Crippen molar-refractivity contribution in [1.29, 1.82) is 0 Å². The lowest BCUT2D eigenvalue weighted by Gasteiger charge is -2.09. The zero-order valence-electron chi connectivity index (χ0n) is 10.2. The normalized spacial score (nSPS) is 12.6. The fourth-order valence-corrected chi connectivity index (χ4v) is 2.23. The molecule has 0 radical (unpaired) electrons. The van der Waals surface area contributed by atoms with E-state index >= 15 is 0 Å². The Balaban J connectivity index is 1.98. The van der Waals surface area contributed by atoms with Gasteiger partial charge < -0.3 is 4.98 Å². The molecule has 3 heteroatoms. The second-order valence-corrected chi connectivity index (χ2v) is 4.97. The summed E-state index contributed by atoms with van der Waals surface area (Å²) in [5, 5.41) is 0.0122. The van der Waals surface area contributed by atoms with Gasteiger partial charge in [0.1, 0.15) is 0 Å². The summed E-state index contributed by atoms with van der Waals surface area (Å²) >= 11 is 6.31. The molecule has 0 saturated carbocycles. The molecule has 0 spiro atoms. The van der Waals surface area contributed by atoms with Crippen LogP contribution >= 0.6 is 11.6 Å². The van der Waals surface area contributed by atoms with Crippen LogP contribution in [0.5, 0.6) is 0 Å². The van der Waals surface area contributed by atoms with Gasteiger partial charge in [0.25, 0.3) is 0 Å². The SMILES string of the molecule is Cc1ccc(CCC(Cl)c2cnc[nH]2)c(C)c1. The van der Waals surface area contributed by atoms with E-state index in [9.17, 15) is 0 Å². The molecule has 1 aromatic heterocycles. The number of hydrogen-bond acceptors (Lipinski definition) is 1. The van der Waals surface area contributed by atoms with Crippen molar-refractivity contribution in [3.63, 3.8) is 0 Å². The average molecular weight is 249 g/mol. The fraction of sp³-hybridized carbons (Fsp3) is 0.357. The van der Waals surface area contributed by atoms with Crippen LogP contribution in [0.15, 0.2) is 30.7 Å². The first-order valence-corrected chi connectivity index (χ1v) is 6.29. The van der Waals surface area contributed by atoms with Gasteiger partial charge in [0.05, 0.1) is 17.4 Å². The molecular weight excluding hydrogens is 232 g/mol. The summed E-state index contributed by atoms with van der Waals surface area (Å²) in [5.74, 6) is 0. The highest BCUT2D eigenvalue weighted by atomic mass is 35.5. The van der Waals surface area contributed by atoms with Crippen molar-refractivity contribution < 1.29 is 0 Å². The van der Waals surface area contributed by atoms with Crippen LogP contribution in [0.25, 0.3) is 0 Å². The number of aromatic amines is 1. The summed E-state index contributed by atoms with van der Waals surface area (Å²) < 4.78 is 0. The molecule has 2 aromatic rings. The first kappa shape index (κ1) is 12.2. The summed E-state index contributed by atoms with van der Waals surface area (Å²) in [7, 11) is 0. The van der Waals surface area contributed by atoms with E-state index in [1.165, 1.54) is 16.7 Å². The molecule has 0 aliphatic carbocycles. The van der Waals surface area contributed by atoms with E-state index < -0.39 is 0 Å². The second-order valence-electron chi connectivity index (χ2n) is 4.44. The molecule has 0 aliphatic heterocycles. The first-order valence-electron chi connectivity index (χ1n) is 5.85. The topological polar surface area (TPSA) is 28.7 Å². The Bertz CT molecular complexity index is 477. The smallest absolute Gasteiger partial charge is 0.0922 e. The quantitative estimate of drug-likeness (QED) is 0.816. The molecule has 1 atom stereocenters. The molecule has 90 valence electrons. The molecule has 0 bridgehead atoms. The van der Waals surface area contributed by atoms with Crippen molar-refractivity contribution in [3.05, 3.63) is 53.1 Å². The molecule has 17 heavy (non-hydrogen) atoms. The fourth-order valence-electron chi connectivity index (χ4n) is 2.00. The van der Waals surface area contributed by atoms with Crippen molar-refractivity contribution in [1.82, 2.24) is 9.97 Å². The van der Waals surface area contributed by atoms with Gasteiger partial charge >= 0.3 is 0 Å². The van der Waals surface area contributed by atoms with Crippen LogP contribution < -0.4 is 0 Å². The standard InChI is InChI=1S/C14H17ClN2/c1-10-3-4-12(11(2)7-10)5-6-13(15)14-8-16-9-17-14/h3-4,7-9,13H,5-6H2,1-2H3,(H,16,17). The minimum absolute atomic E-state index is 0.0122. The van der Waals surface area contributed by atoms with E-state index in [0.29, 0.717) is 0 Å². The van der Waals surface area contributed by atoms with E-state index in [0.717, 1.165) is 18.5 Å². The predicted octanol–water partition coefficient (Wildman–Crippen LogP) is 3.94. The number of halogens is 1. The average Bonchev–Trinajstić information content (AvgIpc) is 2.81. The molecule has 1 unspecified atom stereocenters. The zero-order chi connectivity index (χ0) is 12.3. The van der Waals surface area contributed by atoms with E-state index in [1.807, 2.05) is 0 Å². The minimum Gasteiger partial charge on any atom is -0.347 e. The van der Waals surface area contributed by atoms with Crippen molar-refractivity contribution in [2.45, 2.75) is 32.1 Å². The van der Waals surface area contributed by atoms with Crippen molar-refractivity contribution in [3.8, 4) is 0 Å². The predicted molar refractivity (Wildman–Crippen MR) is 71.4 cm³/mol. The monoisotopic (exact) mass is 248 g/mol. The van der Waals surface area contributed by atoms with Crippen molar-refractivity contribution in [2.75, 3.05) is 0 Å². The van der Waals surface area contributed by atoms with Gasteiger partial charge in [0.15, 0.2) is 0 Å². The number of rotatable bonds is 4. The largest absolute Gasteiger partial charge is 0.347 e. The molecule has 0 fully saturated rings. The minimum atomic E-state index is 0.0122. The van der Waals surface area contributed by atoms with Gasteiger partial charge in [-0.05, 0) is 37.8 Å². The van der Waals surface area contributed by atoms with Crippen LogP contribution in [0.2, 0.25) is 0 Å². The summed E-state index contributed by atoms with van der Waals surface area (Å²) in [5.41, 5.74) is 5.03. The van der Waals surface area contributed by atoms with Crippen LogP contribution in [-0.4, -0.2) is 9.97 Å². The van der Waals surface area contributed by atoms with Crippen LogP contribution in [-0.2, 0) is 6.42 Å². The highest BCUT2D eigenvalue weighted by molar-refractivity contribution is 6.20. The Labute approximate surface area is 107 Å². The van der Waals surface area contributed by atoms with Gasteiger partial charge in [-0.15, -0.1) is 11.6 Å². The lowest BCUT2D eigenvalue weighted by atomic mass is 10.0. The molecule has 2 rings (SSSR count). The zero-order valence-corrected chi connectivity index (χ0v) is 11.0. The van der Waals surface area contributed by atoms with Crippen LogP contribution in [0.4, 0.5) is 0 Å². The maximum atomic E-state index is 6.31. The summed E-state index contributed by atoms with van der Waals surface area (Å²) in [6, 6.07) is 6.57. The van der Waals surface area contributed by atoms with E-state index in [4.69, 9.17) is 11.6 Å². The van der Waals surface area contributed by atoms with Gasteiger partial charge in [-0.25, -0.2) is 4.98 Å². The summed E-state index contributed by atoms with van der Waals surface area (Å²) in [4.78, 5) is 7.04. The Morgan fingerprint density at radius 3 is 2.82 bits per heavy atom. The van der Waals surface area contributed by atoms with E-state index in [2.05, 4.69) is 42.0 Å². The third-order valence-electron chi connectivity index (χ3n) is 3.02. The maximum Gasteiger partial charge on any atom is 0.0922 e. The van der Waals surface area contributed by atoms with Crippen molar-refractivity contribution >= 4 is 11.6 Å². The number of alkyl halides is 1. The Kier molecular flexibility index (Phi) is 3.85. The molecule has 0 aliphatic rings. The third kappa shape index (κ3) is 3.10. The number of aromatic nitrogens is 2. The molecule has 2 nitrogen and oxygen atoms in total. The van der Waals surface area contributed by atoms with Crippen LogP contribution in [0, 0.1) is 13.8 Å². The highest BCUT2D eigenvalue weighted by Gasteiger charge is 2.10. The molecule has 0 amide bonds. The molecule has 0 saturated heterocycles. The Hall–Kier alpha value is -1.28. The van der Waals surface area contributed by atoms with Gasteiger partial charge in [-0.2, -0.15) is 0 Å². The number of hydrogen-bond donors (Lipinski definition) is 1. The maximum absolute atomic E-state index is 6.31. The van der Waals surface area contributed by atoms with Gasteiger partial charge in [-0.3, -0.25) is 0 Å². The Morgan fingerprint density at radius 1 is 1.35 bits per heavy atom. The molecule has 1 heterocycles. The van der Waals surface area contributed by atoms with Crippen LogP contribution in [0.3, 0.4) is 0 Å². The van der Waals surface area contributed by atoms with Gasteiger partial charge in [-0.1, -0.05) is 23.8 Å². The second kappa shape index (κ2) is 5.37. The van der Waals surface area contributed by atoms with Crippen LogP contribution in [0.1, 0.15) is 34.2 Å². The van der Waals surface area contributed by atoms with E-state index in [-0.39, 0.29) is 5.38 Å². The first-order chi connectivity index (χ1) is 8.16. The lowest BCUT2D eigenvalue weighted by molar-refractivity contribution is 0.773. The number of nitrogens with one attached hydrogen (secondary N) is 1. The number of nitrogens with zero attached hydrogens (tertiary/aromatic N) is 1. The Morgan fingerprint density at radius 2 is 2.18 bits per heavy atom. The van der Waals surface area contributed by atoms with Crippen molar-refractivity contribution in [2.24, 2.45) is 0 Å². The van der Waals surface area contributed by atoms with Gasteiger partial charge in [0, 0.05) is 6.20 Å². The van der Waals surface area contributed by atoms with Gasteiger partial charge in [0.2, 0.25) is 0 Å². The molecule has 1 aromatic carbocycles. The number of aryl methyl sites for hydroxylation is 3. The number of imidazole rings is 1. The molecular formula is C14H17ClN2. The molecule has 1 N–H and O–H groups in total.